The van der Waals surface area contributed by atoms with Crippen molar-refractivity contribution in [3.8, 4) is 0 Å². The van der Waals surface area contributed by atoms with E-state index in [4.69, 9.17) is 4.74 Å². The zero-order valence-corrected chi connectivity index (χ0v) is 12.2. The Bertz CT molecular complexity index is 475. The van der Waals surface area contributed by atoms with Crippen molar-refractivity contribution in [1.29, 1.82) is 0 Å². The van der Waals surface area contributed by atoms with Gasteiger partial charge in [0.15, 0.2) is 0 Å². The summed E-state index contributed by atoms with van der Waals surface area (Å²) < 4.78 is 5.58. The molecule has 102 valence electrons. The Hall–Kier alpha value is -1.43. The molecule has 0 aromatic carbocycles. The van der Waals surface area contributed by atoms with Crippen LogP contribution in [0.3, 0.4) is 0 Å². The van der Waals surface area contributed by atoms with E-state index in [0.717, 1.165) is 17.3 Å². The highest BCUT2D eigenvalue weighted by molar-refractivity contribution is 9.10. The first-order chi connectivity index (χ1) is 9.13. The summed E-state index contributed by atoms with van der Waals surface area (Å²) in [7, 11) is 1.34. The van der Waals surface area contributed by atoms with E-state index in [9.17, 15) is 9.59 Å². The molecule has 2 rings (SSSR count). The van der Waals surface area contributed by atoms with E-state index >= 15 is 0 Å². The van der Waals surface area contributed by atoms with Crippen LogP contribution >= 0.6 is 15.9 Å². The fourth-order valence-electron chi connectivity index (χ4n) is 2.21. The van der Waals surface area contributed by atoms with Crippen LogP contribution in [-0.2, 0) is 9.53 Å². The minimum Gasteiger partial charge on any atom is -0.467 e. The lowest BCUT2D eigenvalue weighted by atomic mass is 10.0. The molecule has 19 heavy (non-hydrogen) atoms. The van der Waals surface area contributed by atoms with Gasteiger partial charge in [0.2, 0.25) is 0 Å². The fourth-order valence-corrected chi connectivity index (χ4v) is 2.44. The van der Waals surface area contributed by atoms with Crippen LogP contribution in [0.25, 0.3) is 0 Å². The monoisotopic (exact) mass is 326 g/mol. The van der Waals surface area contributed by atoms with Crippen LogP contribution < -0.4 is 0 Å². The van der Waals surface area contributed by atoms with E-state index in [1.165, 1.54) is 7.11 Å². The third kappa shape index (κ3) is 3.12. The van der Waals surface area contributed by atoms with Gasteiger partial charge in [0.05, 0.1) is 7.11 Å². The summed E-state index contributed by atoms with van der Waals surface area (Å²) in [5, 5.41) is 0. The van der Waals surface area contributed by atoms with Crippen molar-refractivity contribution in [3.05, 3.63) is 28.5 Å². The number of aromatic nitrogens is 1. The number of amides is 1. The van der Waals surface area contributed by atoms with Crippen molar-refractivity contribution in [2.45, 2.75) is 25.3 Å². The maximum Gasteiger partial charge on any atom is 0.328 e. The first kappa shape index (κ1) is 14.0. The standard InChI is InChI=1S/C13H15BrN2O3/c1-19-13(18)11-4-2-3-7-16(11)12(17)10-6-5-9(14)8-15-10/h5-6,8,11H,2-4,7H2,1H3. The molecule has 1 saturated heterocycles. The molecule has 5 nitrogen and oxygen atoms in total. The SMILES string of the molecule is COC(=O)C1CCCCN1C(=O)c1ccc(Br)cn1. The van der Waals surface area contributed by atoms with E-state index in [-0.39, 0.29) is 11.9 Å². The highest BCUT2D eigenvalue weighted by atomic mass is 79.9. The number of nitrogens with zero attached hydrogens (tertiary/aromatic N) is 2. The van der Waals surface area contributed by atoms with Crippen molar-refractivity contribution in [2.24, 2.45) is 0 Å². The van der Waals surface area contributed by atoms with E-state index in [1.807, 2.05) is 0 Å². The van der Waals surface area contributed by atoms with Gasteiger partial charge in [0.1, 0.15) is 11.7 Å². The maximum atomic E-state index is 12.4. The lowest BCUT2D eigenvalue weighted by molar-refractivity contribution is -0.147. The van der Waals surface area contributed by atoms with E-state index in [1.54, 1.807) is 23.2 Å². The summed E-state index contributed by atoms with van der Waals surface area (Å²) in [6.45, 7) is 0.566. The second-order valence-electron chi connectivity index (χ2n) is 4.39. The molecule has 1 amide bonds. The molecule has 0 aliphatic carbocycles. The average Bonchev–Trinajstić information content (AvgIpc) is 2.46. The highest BCUT2D eigenvalue weighted by Crippen LogP contribution is 2.20. The Morgan fingerprint density at radius 1 is 1.42 bits per heavy atom. The van der Waals surface area contributed by atoms with Crippen LogP contribution in [0.15, 0.2) is 22.8 Å². The number of hydrogen-bond donors (Lipinski definition) is 0. The molecule has 2 heterocycles. The molecule has 0 saturated carbocycles. The van der Waals surface area contributed by atoms with Gasteiger partial charge in [-0.1, -0.05) is 0 Å². The van der Waals surface area contributed by atoms with Crippen LogP contribution in [0.2, 0.25) is 0 Å². The van der Waals surface area contributed by atoms with Crippen LogP contribution in [0.4, 0.5) is 0 Å². The minimum atomic E-state index is -0.489. The molecule has 0 radical (unpaired) electrons. The van der Waals surface area contributed by atoms with Gasteiger partial charge in [-0.2, -0.15) is 0 Å². The summed E-state index contributed by atoms with van der Waals surface area (Å²) in [6.07, 6.45) is 4.05. The lowest BCUT2D eigenvalue weighted by Crippen LogP contribution is -2.48. The molecular weight excluding hydrogens is 312 g/mol. The van der Waals surface area contributed by atoms with Gasteiger partial charge in [-0.15, -0.1) is 0 Å². The van der Waals surface area contributed by atoms with Crippen LogP contribution in [0.5, 0.6) is 0 Å². The number of halogens is 1. The van der Waals surface area contributed by atoms with Crippen molar-refractivity contribution >= 4 is 27.8 Å². The second kappa shape index (κ2) is 6.14. The number of carbonyl (C=O) groups excluding carboxylic acids is 2. The normalized spacial score (nSPS) is 19.1. The molecule has 1 atom stereocenters. The van der Waals surface area contributed by atoms with E-state index in [2.05, 4.69) is 20.9 Å². The number of ether oxygens (including phenoxy) is 1. The number of methoxy groups -OCH3 is 1. The smallest absolute Gasteiger partial charge is 0.328 e. The summed E-state index contributed by atoms with van der Waals surface area (Å²) >= 11 is 3.28. The molecule has 1 aromatic heterocycles. The summed E-state index contributed by atoms with van der Waals surface area (Å²) in [4.78, 5) is 29.7. The Balaban J connectivity index is 2.20. The molecule has 1 aromatic rings. The fraction of sp³-hybridized carbons (Fsp3) is 0.462. The molecule has 0 spiro atoms. The van der Waals surface area contributed by atoms with Crippen molar-refractivity contribution in [3.63, 3.8) is 0 Å². The maximum absolute atomic E-state index is 12.4. The average molecular weight is 327 g/mol. The van der Waals surface area contributed by atoms with E-state index in [0.29, 0.717) is 18.7 Å². The third-order valence-corrected chi connectivity index (χ3v) is 3.65. The molecule has 1 aliphatic heterocycles. The van der Waals surface area contributed by atoms with E-state index < -0.39 is 6.04 Å². The molecule has 1 fully saturated rings. The number of hydrogen-bond acceptors (Lipinski definition) is 4. The molecule has 1 aliphatic rings. The number of likely N-dealkylation sites (tertiary alicyclic amines) is 1. The first-order valence-electron chi connectivity index (χ1n) is 6.14. The Kier molecular flexibility index (Phi) is 4.52. The lowest BCUT2D eigenvalue weighted by Gasteiger charge is -2.33. The number of carbonyl (C=O) groups is 2. The Morgan fingerprint density at radius 3 is 2.84 bits per heavy atom. The Labute approximate surface area is 120 Å². The number of piperidine rings is 1. The quantitative estimate of drug-likeness (QED) is 0.780. The van der Waals surface area contributed by atoms with Gasteiger partial charge in [-0.25, -0.2) is 9.78 Å². The topological polar surface area (TPSA) is 59.5 Å². The Morgan fingerprint density at radius 2 is 2.21 bits per heavy atom. The number of pyridine rings is 1. The number of esters is 1. The second-order valence-corrected chi connectivity index (χ2v) is 5.31. The van der Waals surface area contributed by atoms with Gasteiger partial charge >= 0.3 is 5.97 Å². The van der Waals surface area contributed by atoms with Crippen LogP contribution in [-0.4, -0.2) is 41.5 Å². The van der Waals surface area contributed by atoms with Crippen molar-refractivity contribution < 1.29 is 14.3 Å². The first-order valence-corrected chi connectivity index (χ1v) is 6.93. The molecular formula is C13H15BrN2O3. The molecule has 6 heteroatoms. The molecule has 0 bridgehead atoms. The van der Waals surface area contributed by atoms with Crippen molar-refractivity contribution in [2.75, 3.05) is 13.7 Å². The molecule has 1 unspecified atom stereocenters. The minimum absolute atomic E-state index is 0.220. The van der Waals surface area contributed by atoms with Crippen molar-refractivity contribution in [1.82, 2.24) is 9.88 Å². The summed E-state index contributed by atoms with van der Waals surface area (Å²) in [6, 6.07) is 2.92. The van der Waals surface area contributed by atoms with Gasteiger partial charge in [-0.3, -0.25) is 4.79 Å². The highest BCUT2D eigenvalue weighted by Gasteiger charge is 2.33. The predicted molar refractivity (Wildman–Crippen MR) is 72.6 cm³/mol. The predicted octanol–water partition coefficient (Wildman–Crippen LogP) is 2.01. The third-order valence-electron chi connectivity index (χ3n) is 3.18. The summed E-state index contributed by atoms with van der Waals surface area (Å²) in [5.74, 6) is -0.576. The largest absolute Gasteiger partial charge is 0.467 e. The van der Waals surface area contributed by atoms with Gasteiger partial charge < -0.3 is 9.64 Å². The zero-order chi connectivity index (χ0) is 13.8. The molecule has 0 N–H and O–H groups in total. The summed E-state index contributed by atoms with van der Waals surface area (Å²) in [5.41, 5.74) is 0.346. The van der Waals surface area contributed by atoms with Gasteiger partial charge in [0.25, 0.3) is 5.91 Å². The van der Waals surface area contributed by atoms with Gasteiger partial charge in [0, 0.05) is 17.2 Å². The van der Waals surface area contributed by atoms with Crippen LogP contribution in [0, 0.1) is 0 Å². The zero-order valence-electron chi connectivity index (χ0n) is 10.6. The van der Waals surface area contributed by atoms with Crippen LogP contribution in [0.1, 0.15) is 29.8 Å². The number of rotatable bonds is 2. The van der Waals surface area contributed by atoms with Gasteiger partial charge in [-0.05, 0) is 47.3 Å².